The molecule has 4 saturated heterocycles. The second-order valence-corrected chi connectivity index (χ2v) is 12.6. The van der Waals surface area contributed by atoms with Gasteiger partial charge in [0.05, 0.1) is 13.0 Å². The molecule has 0 unspecified atom stereocenters. The van der Waals surface area contributed by atoms with Gasteiger partial charge in [0.25, 0.3) is 0 Å². The van der Waals surface area contributed by atoms with Gasteiger partial charge in [0.15, 0.2) is 11.9 Å². The number of carbonyl (C=O) groups is 4. The molecule has 10 atom stereocenters. The van der Waals surface area contributed by atoms with Crippen molar-refractivity contribution in [1.29, 1.82) is 0 Å². The predicted octanol–water partition coefficient (Wildman–Crippen LogP) is 1.61. The van der Waals surface area contributed by atoms with Crippen LogP contribution in [0.4, 0.5) is 0 Å². The molecule has 4 N–H and O–H groups in total. The molecule has 0 aromatic carbocycles. The van der Waals surface area contributed by atoms with E-state index in [1.807, 2.05) is 27.7 Å². The Morgan fingerprint density at radius 1 is 1.00 bits per heavy atom. The molecule has 2 bridgehead atoms. The lowest BCUT2D eigenvalue weighted by Gasteiger charge is -2.59. The summed E-state index contributed by atoms with van der Waals surface area (Å²) in [5, 5.41) is 23.1. The van der Waals surface area contributed by atoms with Gasteiger partial charge < -0.3 is 35.1 Å². The van der Waals surface area contributed by atoms with E-state index >= 15 is 0 Å². The molecule has 1 aliphatic carbocycles. The van der Waals surface area contributed by atoms with Crippen LogP contribution in [-0.2, 0) is 43.2 Å². The summed E-state index contributed by atoms with van der Waals surface area (Å²) >= 11 is 0. The first-order chi connectivity index (χ1) is 19.3. The van der Waals surface area contributed by atoms with Crippen molar-refractivity contribution in [3.63, 3.8) is 0 Å². The highest BCUT2D eigenvalue weighted by Crippen LogP contribution is 2.60. The van der Waals surface area contributed by atoms with Gasteiger partial charge in [-0.05, 0) is 50.4 Å². The lowest BCUT2D eigenvalue weighted by atomic mass is 9.58. The Bertz CT molecular complexity index is 1010. The van der Waals surface area contributed by atoms with Crippen LogP contribution in [0.25, 0.3) is 0 Å². The molecule has 1 saturated carbocycles. The zero-order chi connectivity index (χ0) is 30.1. The zero-order valence-corrected chi connectivity index (χ0v) is 24.4. The number of carboxylic acids is 1. The van der Waals surface area contributed by atoms with E-state index in [2.05, 4.69) is 17.6 Å². The van der Waals surface area contributed by atoms with Crippen molar-refractivity contribution in [2.45, 2.75) is 116 Å². The smallest absolute Gasteiger partial charge is 0.328 e. The van der Waals surface area contributed by atoms with E-state index in [9.17, 15) is 24.3 Å². The SMILES string of the molecule is CC(C)C[C@H](NC(=O)CCC(=O)O[C@@H]1O[C@H]2O[C@@]3(C)CC[C@H]4[C@H](C)CC[C@H]([C@H]1C)[C@@]24OO3)C(=O)N[C@@H](CO)C(=O)O. The molecular formula is C28H44N2O11. The largest absolute Gasteiger partial charge is 0.480 e. The molecule has 0 radical (unpaired) electrons. The first-order valence-electron chi connectivity index (χ1n) is 14.6. The second kappa shape index (κ2) is 12.5. The van der Waals surface area contributed by atoms with Crippen molar-refractivity contribution in [2.24, 2.45) is 29.6 Å². The van der Waals surface area contributed by atoms with Gasteiger partial charge in [-0.15, -0.1) is 0 Å². The Kier molecular flexibility index (Phi) is 9.64. The molecule has 1 spiro atoms. The summed E-state index contributed by atoms with van der Waals surface area (Å²) in [6.07, 6.45) is 1.49. The maximum atomic E-state index is 12.8. The van der Waals surface area contributed by atoms with E-state index < -0.39 is 66.4 Å². The topological polar surface area (TPSA) is 179 Å². The molecule has 0 aromatic heterocycles. The Labute approximate surface area is 239 Å². The van der Waals surface area contributed by atoms with Crippen LogP contribution in [0.1, 0.15) is 79.6 Å². The quantitative estimate of drug-likeness (QED) is 0.205. The number of nitrogens with one attached hydrogen (secondary N) is 2. The summed E-state index contributed by atoms with van der Waals surface area (Å²) in [6.45, 7) is 8.89. The van der Waals surface area contributed by atoms with Crippen LogP contribution in [0.3, 0.4) is 0 Å². The van der Waals surface area contributed by atoms with Gasteiger partial charge in [-0.1, -0.05) is 27.7 Å². The van der Waals surface area contributed by atoms with E-state index in [0.717, 1.165) is 19.3 Å². The summed E-state index contributed by atoms with van der Waals surface area (Å²) in [5.74, 6) is -3.92. The number of amides is 2. The molecule has 232 valence electrons. The number of hydrogen-bond acceptors (Lipinski definition) is 10. The van der Waals surface area contributed by atoms with Crippen LogP contribution in [0, 0.1) is 29.6 Å². The van der Waals surface area contributed by atoms with Gasteiger partial charge in [-0.25, -0.2) is 14.6 Å². The van der Waals surface area contributed by atoms with Crippen LogP contribution >= 0.6 is 0 Å². The number of fused-ring (bicyclic) bond motifs is 2. The number of carbonyl (C=O) groups excluding carboxylic acids is 3. The van der Waals surface area contributed by atoms with Gasteiger partial charge in [-0.3, -0.25) is 14.4 Å². The minimum absolute atomic E-state index is 0.00198. The molecule has 13 nitrogen and oxygen atoms in total. The Hall–Kier alpha value is -2.32. The Balaban J connectivity index is 1.35. The Morgan fingerprint density at radius 3 is 2.39 bits per heavy atom. The monoisotopic (exact) mass is 584 g/mol. The number of hydrogen-bond donors (Lipinski definition) is 4. The number of ether oxygens (including phenoxy) is 3. The lowest BCUT2D eigenvalue weighted by molar-refractivity contribution is -0.576. The molecule has 41 heavy (non-hydrogen) atoms. The third-order valence-electron chi connectivity index (χ3n) is 9.06. The summed E-state index contributed by atoms with van der Waals surface area (Å²) in [7, 11) is 0. The summed E-state index contributed by atoms with van der Waals surface area (Å²) in [4.78, 5) is 61.2. The van der Waals surface area contributed by atoms with Crippen LogP contribution in [-0.4, -0.2) is 76.6 Å². The van der Waals surface area contributed by atoms with Crippen molar-refractivity contribution in [3.8, 4) is 0 Å². The van der Waals surface area contributed by atoms with Crippen molar-refractivity contribution in [3.05, 3.63) is 0 Å². The molecule has 5 fully saturated rings. The normalized spacial score (nSPS) is 37.3. The Morgan fingerprint density at radius 2 is 1.73 bits per heavy atom. The van der Waals surface area contributed by atoms with Gasteiger partial charge in [0.2, 0.25) is 23.9 Å². The fourth-order valence-corrected chi connectivity index (χ4v) is 6.84. The number of rotatable bonds is 11. The van der Waals surface area contributed by atoms with Gasteiger partial charge in [-0.2, -0.15) is 0 Å². The lowest BCUT2D eigenvalue weighted by Crippen LogP contribution is -2.70. The minimum Gasteiger partial charge on any atom is -0.480 e. The molecule has 5 aliphatic rings. The molecule has 4 heterocycles. The summed E-state index contributed by atoms with van der Waals surface area (Å²) in [5.41, 5.74) is -0.780. The molecule has 5 rings (SSSR count). The number of carboxylic acid groups (broad SMARTS) is 1. The van der Waals surface area contributed by atoms with Gasteiger partial charge >= 0.3 is 11.9 Å². The molecular weight excluding hydrogens is 540 g/mol. The van der Waals surface area contributed by atoms with E-state index in [1.54, 1.807) is 0 Å². The fraction of sp³-hybridized carbons (Fsp3) is 0.857. The standard InChI is InChI=1S/C28H44N2O11/c1-14(2)12-19(23(34)30-20(13-31)24(35)36)29-21(32)8-9-22(33)37-25-16(4)18-7-6-15(3)17-10-11-27(5)39-26(38-25)28(17,18)41-40-27/h14-20,25-26,31H,6-13H2,1-5H3,(H,29,32)(H,30,34)(H,35,36)/t15-,16-,17+,18-,19+,20+,25-,26+,27-,28-/m1/s1. The average molecular weight is 585 g/mol. The number of aliphatic carboxylic acids is 1. The first-order valence-corrected chi connectivity index (χ1v) is 14.6. The molecule has 2 amide bonds. The van der Waals surface area contributed by atoms with Crippen LogP contribution < -0.4 is 10.6 Å². The highest BCUT2D eigenvalue weighted by atomic mass is 17.3. The van der Waals surface area contributed by atoms with Crippen molar-refractivity contribution < 1.29 is 53.4 Å². The fourth-order valence-electron chi connectivity index (χ4n) is 6.84. The summed E-state index contributed by atoms with van der Waals surface area (Å²) < 4.78 is 18.2. The molecule has 4 aliphatic heterocycles. The highest BCUT2D eigenvalue weighted by Gasteiger charge is 2.69. The third-order valence-corrected chi connectivity index (χ3v) is 9.06. The van der Waals surface area contributed by atoms with Crippen LogP contribution in [0.5, 0.6) is 0 Å². The number of esters is 1. The zero-order valence-electron chi connectivity index (χ0n) is 24.4. The number of aliphatic hydroxyl groups is 1. The maximum Gasteiger partial charge on any atom is 0.328 e. The number of aliphatic hydroxyl groups excluding tert-OH is 1. The van der Waals surface area contributed by atoms with Crippen LogP contribution in [0.2, 0.25) is 0 Å². The maximum absolute atomic E-state index is 12.8. The van der Waals surface area contributed by atoms with Crippen LogP contribution in [0.15, 0.2) is 0 Å². The first kappa shape index (κ1) is 31.6. The van der Waals surface area contributed by atoms with Gasteiger partial charge in [0, 0.05) is 24.7 Å². The average Bonchev–Trinajstić information content (AvgIpc) is 3.13. The minimum atomic E-state index is -1.49. The van der Waals surface area contributed by atoms with Gasteiger partial charge in [0.1, 0.15) is 12.1 Å². The third kappa shape index (κ3) is 6.53. The van der Waals surface area contributed by atoms with E-state index in [-0.39, 0.29) is 42.9 Å². The highest BCUT2D eigenvalue weighted by molar-refractivity contribution is 5.91. The molecule has 13 heteroatoms. The van der Waals surface area contributed by atoms with Crippen molar-refractivity contribution in [1.82, 2.24) is 10.6 Å². The predicted molar refractivity (Wildman–Crippen MR) is 140 cm³/mol. The van der Waals surface area contributed by atoms with Crippen molar-refractivity contribution in [2.75, 3.05) is 6.61 Å². The van der Waals surface area contributed by atoms with E-state index in [4.69, 9.17) is 29.1 Å². The summed E-state index contributed by atoms with van der Waals surface area (Å²) in [6, 6.07) is -2.52. The van der Waals surface area contributed by atoms with E-state index in [0.29, 0.717) is 12.3 Å². The molecule has 0 aromatic rings. The van der Waals surface area contributed by atoms with E-state index in [1.165, 1.54) is 0 Å². The van der Waals surface area contributed by atoms with Crippen molar-refractivity contribution >= 4 is 23.8 Å². The second-order valence-electron chi connectivity index (χ2n) is 12.6.